The first-order valence-electron chi connectivity index (χ1n) is 4.06. The highest BCUT2D eigenvalue weighted by molar-refractivity contribution is 5.69. The normalized spacial score (nSPS) is 29.0. The molecule has 1 rings (SSSR count). The Balaban J connectivity index is 2.58. The summed E-state index contributed by atoms with van der Waals surface area (Å²) < 4.78 is 4.83. The molecule has 0 aromatic carbocycles. The molecule has 1 fully saturated rings. The molecule has 1 heterocycles. The lowest BCUT2D eigenvalue weighted by atomic mass is 9.97. The number of carbonyl (C=O) groups excluding carboxylic acids is 1. The van der Waals surface area contributed by atoms with Crippen LogP contribution in [0.15, 0.2) is 0 Å². The smallest absolute Gasteiger partial charge is 0.408 e. The third-order valence-electron chi connectivity index (χ3n) is 2.01. The molecule has 0 spiro atoms. The molecule has 1 saturated heterocycles. The summed E-state index contributed by atoms with van der Waals surface area (Å²) in [5.74, 6) is 2.83. The van der Waals surface area contributed by atoms with Crippen LogP contribution in [0, 0.1) is 18.3 Å². The minimum absolute atomic E-state index is 0.146. The van der Waals surface area contributed by atoms with E-state index in [-0.39, 0.29) is 12.1 Å². The molecular formula is C9H13NO2. The van der Waals surface area contributed by atoms with Gasteiger partial charge in [-0.1, -0.05) is 19.8 Å². The van der Waals surface area contributed by atoms with Crippen molar-refractivity contribution in [3.8, 4) is 12.3 Å². The molecule has 0 unspecified atom stereocenters. The van der Waals surface area contributed by atoms with Gasteiger partial charge in [-0.2, -0.15) is 0 Å². The zero-order chi connectivity index (χ0) is 9.14. The van der Waals surface area contributed by atoms with Crippen LogP contribution in [-0.4, -0.2) is 18.2 Å². The van der Waals surface area contributed by atoms with Crippen molar-refractivity contribution in [3.05, 3.63) is 0 Å². The van der Waals surface area contributed by atoms with E-state index in [0.29, 0.717) is 12.3 Å². The Morgan fingerprint density at radius 2 is 2.42 bits per heavy atom. The van der Waals surface area contributed by atoms with Crippen LogP contribution >= 0.6 is 0 Å². The molecule has 0 aliphatic carbocycles. The molecule has 3 heteroatoms. The van der Waals surface area contributed by atoms with E-state index in [1.165, 1.54) is 0 Å². The third kappa shape index (κ3) is 1.91. The van der Waals surface area contributed by atoms with Crippen molar-refractivity contribution < 1.29 is 9.53 Å². The predicted molar refractivity (Wildman–Crippen MR) is 45.5 cm³/mol. The standard InChI is InChI=1S/C9H13NO2/c1-4-7-5-8(6(2)3)10-9(11)12-7/h1,6-8H,5H2,2-3H3,(H,10,11)/t7-,8+/m0/s1. The molecule has 1 N–H and O–H groups in total. The van der Waals surface area contributed by atoms with E-state index in [1.807, 2.05) is 13.8 Å². The Morgan fingerprint density at radius 3 is 2.92 bits per heavy atom. The van der Waals surface area contributed by atoms with Crippen molar-refractivity contribution in [2.24, 2.45) is 5.92 Å². The second-order valence-electron chi connectivity index (χ2n) is 3.29. The van der Waals surface area contributed by atoms with Crippen LogP contribution in [0.2, 0.25) is 0 Å². The van der Waals surface area contributed by atoms with Gasteiger partial charge in [0.2, 0.25) is 0 Å². The lowest BCUT2D eigenvalue weighted by Gasteiger charge is -2.29. The molecule has 1 aliphatic heterocycles. The van der Waals surface area contributed by atoms with E-state index in [0.717, 1.165) is 0 Å². The number of carbonyl (C=O) groups is 1. The average molecular weight is 167 g/mol. The maximum atomic E-state index is 10.9. The quantitative estimate of drug-likeness (QED) is 0.595. The number of amides is 1. The molecule has 0 saturated carbocycles. The van der Waals surface area contributed by atoms with Gasteiger partial charge in [-0.25, -0.2) is 4.79 Å². The Bertz CT molecular complexity index is 217. The zero-order valence-electron chi connectivity index (χ0n) is 7.33. The van der Waals surface area contributed by atoms with Crippen molar-refractivity contribution in [1.29, 1.82) is 0 Å². The van der Waals surface area contributed by atoms with Gasteiger partial charge < -0.3 is 10.1 Å². The molecule has 0 aromatic heterocycles. The van der Waals surface area contributed by atoms with Gasteiger partial charge in [-0.15, -0.1) is 6.42 Å². The molecule has 0 bridgehead atoms. The van der Waals surface area contributed by atoms with Crippen LogP contribution in [-0.2, 0) is 4.74 Å². The van der Waals surface area contributed by atoms with Gasteiger partial charge in [-0.3, -0.25) is 0 Å². The minimum atomic E-state index is -0.400. The van der Waals surface area contributed by atoms with E-state index in [4.69, 9.17) is 11.2 Å². The van der Waals surface area contributed by atoms with Crippen molar-refractivity contribution in [3.63, 3.8) is 0 Å². The first-order valence-corrected chi connectivity index (χ1v) is 4.06. The number of terminal acetylenes is 1. The number of alkyl carbamates (subject to hydrolysis) is 1. The predicted octanol–water partition coefficient (Wildman–Crippen LogP) is 1.14. The highest BCUT2D eigenvalue weighted by Crippen LogP contribution is 2.15. The maximum Gasteiger partial charge on any atom is 0.408 e. The van der Waals surface area contributed by atoms with Crippen molar-refractivity contribution >= 4 is 6.09 Å². The van der Waals surface area contributed by atoms with Gasteiger partial charge in [0.15, 0.2) is 6.10 Å². The summed E-state index contributed by atoms with van der Waals surface area (Å²) in [6.45, 7) is 4.09. The second-order valence-corrected chi connectivity index (χ2v) is 3.29. The highest BCUT2D eigenvalue weighted by Gasteiger charge is 2.27. The van der Waals surface area contributed by atoms with E-state index in [2.05, 4.69) is 11.2 Å². The van der Waals surface area contributed by atoms with Gasteiger partial charge in [-0.05, 0) is 5.92 Å². The van der Waals surface area contributed by atoms with Gasteiger partial charge in [0.25, 0.3) is 0 Å². The first-order chi connectivity index (χ1) is 5.63. The molecule has 66 valence electrons. The fourth-order valence-corrected chi connectivity index (χ4v) is 1.19. The first kappa shape index (κ1) is 8.92. The van der Waals surface area contributed by atoms with E-state index in [1.54, 1.807) is 0 Å². The van der Waals surface area contributed by atoms with E-state index in [9.17, 15) is 4.79 Å². The van der Waals surface area contributed by atoms with Crippen LogP contribution in [0.1, 0.15) is 20.3 Å². The summed E-state index contributed by atoms with van der Waals surface area (Å²) in [4.78, 5) is 10.9. The third-order valence-corrected chi connectivity index (χ3v) is 2.01. The number of cyclic esters (lactones) is 1. The van der Waals surface area contributed by atoms with E-state index < -0.39 is 6.09 Å². The SMILES string of the molecule is C#C[C@H]1C[C@H](C(C)C)NC(=O)O1. The van der Waals surface area contributed by atoms with Gasteiger partial charge in [0, 0.05) is 12.5 Å². The molecule has 3 nitrogen and oxygen atoms in total. The number of nitrogens with one attached hydrogen (secondary N) is 1. The number of hydrogen-bond donors (Lipinski definition) is 1. The molecular weight excluding hydrogens is 154 g/mol. The molecule has 1 amide bonds. The van der Waals surface area contributed by atoms with Crippen molar-refractivity contribution in [1.82, 2.24) is 5.32 Å². The Hall–Kier alpha value is -1.17. The van der Waals surface area contributed by atoms with Crippen LogP contribution < -0.4 is 5.32 Å². The Labute approximate surface area is 72.5 Å². The average Bonchev–Trinajstić information content (AvgIpc) is 2.03. The summed E-state index contributed by atoms with van der Waals surface area (Å²) in [7, 11) is 0. The Kier molecular flexibility index (Phi) is 2.59. The van der Waals surface area contributed by atoms with Crippen molar-refractivity contribution in [2.75, 3.05) is 0 Å². The largest absolute Gasteiger partial charge is 0.433 e. The monoisotopic (exact) mass is 167 g/mol. The molecule has 12 heavy (non-hydrogen) atoms. The summed E-state index contributed by atoms with van der Waals surface area (Å²) in [6.07, 6.45) is 5.13. The van der Waals surface area contributed by atoms with Gasteiger partial charge >= 0.3 is 6.09 Å². The topological polar surface area (TPSA) is 38.3 Å². The summed E-state index contributed by atoms with van der Waals surface area (Å²) in [5.41, 5.74) is 0. The van der Waals surface area contributed by atoms with Crippen molar-refractivity contribution in [2.45, 2.75) is 32.4 Å². The van der Waals surface area contributed by atoms with Gasteiger partial charge in [0.05, 0.1) is 0 Å². The summed E-state index contributed by atoms with van der Waals surface area (Å²) >= 11 is 0. The molecule has 0 radical (unpaired) electrons. The minimum Gasteiger partial charge on any atom is -0.433 e. The van der Waals surface area contributed by atoms with Crippen LogP contribution in [0.5, 0.6) is 0 Å². The van der Waals surface area contributed by atoms with Gasteiger partial charge in [0.1, 0.15) is 0 Å². The van der Waals surface area contributed by atoms with E-state index >= 15 is 0 Å². The summed E-state index contributed by atoms with van der Waals surface area (Å²) in [5, 5.41) is 2.72. The Morgan fingerprint density at radius 1 is 1.75 bits per heavy atom. The lowest BCUT2D eigenvalue weighted by Crippen LogP contribution is -2.47. The van der Waals surface area contributed by atoms with Crippen LogP contribution in [0.3, 0.4) is 0 Å². The summed E-state index contributed by atoms with van der Waals surface area (Å²) in [6, 6.07) is 0.146. The molecule has 0 aromatic rings. The number of rotatable bonds is 1. The number of hydrogen-bond acceptors (Lipinski definition) is 2. The lowest BCUT2D eigenvalue weighted by molar-refractivity contribution is 0.0786. The second kappa shape index (κ2) is 3.48. The fraction of sp³-hybridized carbons (Fsp3) is 0.667. The highest BCUT2D eigenvalue weighted by atomic mass is 16.6. The fourth-order valence-electron chi connectivity index (χ4n) is 1.19. The molecule has 1 aliphatic rings. The zero-order valence-corrected chi connectivity index (χ0v) is 7.33. The molecule has 2 atom stereocenters. The number of ether oxygens (including phenoxy) is 1. The van der Waals surface area contributed by atoms with Crippen LogP contribution in [0.25, 0.3) is 0 Å². The maximum absolute atomic E-state index is 10.9. The van der Waals surface area contributed by atoms with Crippen LogP contribution in [0.4, 0.5) is 4.79 Å².